The number of likely N-dealkylation sites (tertiary alicyclic amines) is 1. The third kappa shape index (κ3) is 5.31. The van der Waals surface area contributed by atoms with E-state index in [2.05, 4.69) is 10.3 Å². The Labute approximate surface area is 228 Å². The first-order valence-corrected chi connectivity index (χ1v) is 13.2. The fourth-order valence-corrected chi connectivity index (χ4v) is 5.86. The average molecular weight is 571 g/mol. The molecule has 2 amide bonds. The second-order valence-corrected chi connectivity index (χ2v) is 10.9. The van der Waals surface area contributed by atoms with E-state index in [1.807, 2.05) is 6.07 Å². The highest BCUT2D eigenvalue weighted by Gasteiger charge is 2.49. The Morgan fingerprint density at radius 1 is 1.16 bits per heavy atom. The van der Waals surface area contributed by atoms with Gasteiger partial charge >= 0.3 is 6.18 Å². The van der Waals surface area contributed by atoms with Gasteiger partial charge in [-0.25, -0.2) is 0 Å². The van der Waals surface area contributed by atoms with Gasteiger partial charge < -0.3 is 19.9 Å². The highest BCUT2D eigenvalue weighted by Crippen LogP contribution is 2.39. The van der Waals surface area contributed by atoms with E-state index in [0.29, 0.717) is 53.1 Å². The number of anilines is 1. The fourth-order valence-electron chi connectivity index (χ4n) is 5.42. The van der Waals surface area contributed by atoms with Gasteiger partial charge in [0.25, 0.3) is 0 Å². The van der Waals surface area contributed by atoms with Gasteiger partial charge in [-0.2, -0.15) is 13.2 Å². The highest BCUT2D eigenvalue weighted by molar-refractivity contribution is 6.42. The minimum absolute atomic E-state index is 0.00338. The van der Waals surface area contributed by atoms with E-state index in [-0.39, 0.29) is 36.7 Å². The molecule has 1 N–H and O–H groups in total. The molecule has 1 aromatic carbocycles. The monoisotopic (exact) mass is 570 g/mol. The maximum absolute atomic E-state index is 14.1. The molecular weight excluding hydrogens is 544 g/mol. The number of carbonyl (C=O) groups is 2. The summed E-state index contributed by atoms with van der Waals surface area (Å²) < 4.78 is 47.6. The topological polar surface area (TPSA) is 74.8 Å². The fraction of sp³-hybridized carbons (Fsp3) is 0.500. The minimum atomic E-state index is -4.73. The van der Waals surface area contributed by atoms with Crippen molar-refractivity contribution in [2.24, 2.45) is 11.8 Å². The second kappa shape index (κ2) is 10.5. The third-order valence-electron chi connectivity index (χ3n) is 7.51. The average Bonchev–Trinajstić information content (AvgIpc) is 3.51. The summed E-state index contributed by atoms with van der Waals surface area (Å²) in [5.41, 5.74) is 2.32. The molecule has 2 saturated heterocycles. The first-order valence-electron chi connectivity index (χ1n) is 12.4. The Kier molecular flexibility index (Phi) is 7.50. The molecule has 38 heavy (non-hydrogen) atoms. The smallest absolute Gasteiger partial charge is 0.381 e. The van der Waals surface area contributed by atoms with E-state index in [9.17, 15) is 22.8 Å². The summed E-state index contributed by atoms with van der Waals surface area (Å²) in [5.74, 6) is -1.69. The van der Waals surface area contributed by atoms with Crippen LogP contribution in [0.5, 0.6) is 0 Å². The quantitative estimate of drug-likeness (QED) is 0.552. The largest absolute Gasteiger partial charge is 0.414 e. The van der Waals surface area contributed by atoms with Gasteiger partial charge in [0.05, 0.1) is 46.1 Å². The molecule has 2 aliphatic heterocycles. The predicted molar refractivity (Wildman–Crippen MR) is 136 cm³/mol. The number of nitrogens with one attached hydrogen (secondary N) is 1. The Balaban J connectivity index is 1.22. The van der Waals surface area contributed by atoms with Crippen LogP contribution in [-0.2, 0) is 27.2 Å². The van der Waals surface area contributed by atoms with E-state index in [0.717, 1.165) is 18.2 Å². The molecule has 2 fully saturated rings. The van der Waals surface area contributed by atoms with Gasteiger partial charge in [0.15, 0.2) is 6.04 Å². The Morgan fingerprint density at radius 2 is 1.92 bits per heavy atom. The lowest BCUT2D eigenvalue weighted by atomic mass is 9.94. The summed E-state index contributed by atoms with van der Waals surface area (Å²) in [6.45, 7) is 1.08. The Morgan fingerprint density at radius 3 is 2.55 bits per heavy atom. The number of amides is 2. The van der Waals surface area contributed by atoms with Crippen LogP contribution in [0.2, 0.25) is 10.0 Å². The molecule has 0 bridgehead atoms. The normalized spacial score (nSPS) is 22.1. The van der Waals surface area contributed by atoms with Crippen LogP contribution in [-0.4, -0.2) is 72.2 Å². The Bertz CT molecular complexity index is 1220. The molecule has 0 saturated carbocycles. The number of benzene rings is 1. The van der Waals surface area contributed by atoms with Crippen LogP contribution in [0.1, 0.15) is 29.3 Å². The summed E-state index contributed by atoms with van der Waals surface area (Å²) in [6.07, 6.45) is -1.43. The molecule has 12 heteroatoms. The van der Waals surface area contributed by atoms with Gasteiger partial charge in [-0.3, -0.25) is 14.6 Å². The van der Waals surface area contributed by atoms with Crippen molar-refractivity contribution >= 4 is 40.7 Å². The summed E-state index contributed by atoms with van der Waals surface area (Å²) in [4.78, 5) is 31.7. The van der Waals surface area contributed by atoms with Gasteiger partial charge in [0.2, 0.25) is 11.8 Å². The van der Waals surface area contributed by atoms with Crippen LogP contribution in [0.15, 0.2) is 30.5 Å². The van der Waals surface area contributed by atoms with Gasteiger partial charge in [0, 0.05) is 32.8 Å². The standard InChI is InChI=1S/C26H27Cl2F3N4O3/c1-34(24(36)16-11-35(12-16)25(37)15-6-7-38-13-15)23(26(29,30)31)21-5-3-17(10-32-21)33-18-8-14-2-4-20(27)22(28)19(14)9-18/h2-5,10,15-16,18,23,33H,6-9,11-13H2,1H3. The zero-order chi connectivity index (χ0) is 27.2. The van der Waals surface area contributed by atoms with Crippen molar-refractivity contribution in [3.05, 3.63) is 57.3 Å². The van der Waals surface area contributed by atoms with Crippen molar-refractivity contribution in [1.29, 1.82) is 0 Å². The van der Waals surface area contributed by atoms with Gasteiger partial charge in [-0.05, 0) is 48.6 Å². The number of fused-ring (bicyclic) bond motifs is 1. The molecule has 1 aliphatic carbocycles. The number of ether oxygens (including phenoxy) is 1. The molecule has 0 radical (unpaired) electrons. The van der Waals surface area contributed by atoms with Gasteiger partial charge in [0.1, 0.15) is 0 Å². The zero-order valence-electron chi connectivity index (χ0n) is 20.6. The number of aromatic nitrogens is 1. The molecule has 3 heterocycles. The van der Waals surface area contributed by atoms with Crippen molar-refractivity contribution < 1.29 is 27.5 Å². The number of nitrogens with zero attached hydrogens (tertiary/aromatic N) is 3. The van der Waals surface area contributed by atoms with E-state index in [1.54, 1.807) is 6.07 Å². The first kappa shape index (κ1) is 27.0. The van der Waals surface area contributed by atoms with Gasteiger partial charge in [-0.15, -0.1) is 0 Å². The van der Waals surface area contributed by atoms with E-state index < -0.39 is 24.0 Å². The van der Waals surface area contributed by atoms with Crippen LogP contribution in [0.3, 0.4) is 0 Å². The number of pyridine rings is 1. The lowest BCUT2D eigenvalue weighted by Crippen LogP contribution is -2.58. The maximum Gasteiger partial charge on any atom is 0.414 e. The summed E-state index contributed by atoms with van der Waals surface area (Å²) in [6, 6.07) is 4.29. The number of alkyl halides is 3. The van der Waals surface area contributed by atoms with Crippen molar-refractivity contribution in [2.45, 2.75) is 37.5 Å². The molecule has 5 rings (SSSR count). The van der Waals surface area contributed by atoms with E-state index >= 15 is 0 Å². The lowest BCUT2D eigenvalue weighted by molar-refractivity contribution is -0.193. The molecule has 2 aromatic rings. The van der Waals surface area contributed by atoms with Crippen LogP contribution < -0.4 is 5.32 Å². The first-order chi connectivity index (χ1) is 18.0. The maximum atomic E-state index is 14.1. The van der Waals surface area contributed by atoms with E-state index in [1.165, 1.54) is 23.2 Å². The lowest BCUT2D eigenvalue weighted by Gasteiger charge is -2.42. The molecule has 0 spiro atoms. The predicted octanol–water partition coefficient (Wildman–Crippen LogP) is 4.52. The summed E-state index contributed by atoms with van der Waals surface area (Å²) in [7, 11) is 1.13. The summed E-state index contributed by atoms with van der Waals surface area (Å²) >= 11 is 12.4. The van der Waals surface area contributed by atoms with Crippen molar-refractivity contribution in [2.75, 3.05) is 38.7 Å². The SMILES string of the molecule is CN(C(=O)C1CN(C(=O)C2CCOC2)C1)C(c1ccc(NC2Cc3ccc(Cl)c(Cl)c3C2)cn1)C(F)(F)F. The molecule has 3 aliphatic rings. The molecule has 3 unspecified atom stereocenters. The number of halogens is 5. The van der Waals surface area contributed by atoms with Crippen molar-refractivity contribution in [1.82, 2.24) is 14.8 Å². The number of hydrogen-bond acceptors (Lipinski definition) is 5. The van der Waals surface area contributed by atoms with Crippen molar-refractivity contribution in [3.8, 4) is 0 Å². The van der Waals surface area contributed by atoms with E-state index in [4.69, 9.17) is 27.9 Å². The van der Waals surface area contributed by atoms with Crippen LogP contribution in [0, 0.1) is 11.8 Å². The van der Waals surface area contributed by atoms with Gasteiger partial charge in [-0.1, -0.05) is 29.3 Å². The second-order valence-electron chi connectivity index (χ2n) is 10.1. The number of carbonyl (C=O) groups excluding carboxylic acids is 2. The highest BCUT2D eigenvalue weighted by atomic mass is 35.5. The van der Waals surface area contributed by atoms with Crippen LogP contribution >= 0.6 is 23.2 Å². The van der Waals surface area contributed by atoms with Crippen molar-refractivity contribution in [3.63, 3.8) is 0 Å². The van der Waals surface area contributed by atoms with Crippen LogP contribution in [0.25, 0.3) is 0 Å². The third-order valence-corrected chi connectivity index (χ3v) is 8.36. The molecule has 1 aromatic heterocycles. The number of rotatable bonds is 6. The number of hydrogen-bond donors (Lipinski definition) is 1. The summed E-state index contributed by atoms with van der Waals surface area (Å²) in [5, 5.41) is 4.30. The molecular formula is C26H27Cl2F3N4O3. The molecule has 3 atom stereocenters. The molecule has 204 valence electrons. The zero-order valence-corrected chi connectivity index (χ0v) is 22.1. The Hall–Kier alpha value is -2.56. The molecule has 7 nitrogen and oxygen atoms in total. The van der Waals surface area contributed by atoms with Crippen LogP contribution in [0.4, 0.5) is 18.9 Å². The minimum Gasteiger partial charge on any atom is -0.381 e.